The third kappa shape index (κ3) is 725. The molecule has 0 N–H and O–H groups in total. The third-order valence-electron chi connectivity index (χ3n) is 0. The second-order valence-electron chi connectivity index (χ2n) is 0. The zero-order valence-corrected chi connectivity index (χ0v) is 425. The van der Waals surface area contributed by atoms with Crippen LogP contribution >= 0.6 is 0 Å². The van der Waals surface area contributed by atoms with Crippen molar-refractivity contribution in [2.24, 2.45) is 0 Å². The maximum Gasteiger partial charge on any atom is 0 e. The molecule has 101 heavy (non-hydrogen) atoms. The maximum absolute atomic E-state index is 0. The van der Waals surface area contributed by atoms with E-state index in [1.807, 2.05) is 0 Å². The molecule has 0 unspecified atom stereocenters. The molecule has 0 bridgehead atoms. The summed E-state index contributed by atoms with van der Waals surface area (Å²) in [5, 5.41) is 0. The van der Waals surface area contributed by atoms with Crippen molar-refractivity contribution in [2.45, 2.75) is 0 Å². The monoisotopic (exact) mass is 14000 g/mol. The summed E-state index contributed by atoms with van der Waals surface area (Å²) in [6, 6.07) is 0. The quantitative estimate of drug-likeness (QED) is 0.321. The van der Waals surface area contributed by atoms with Crippen LogP contribution in [0.2, 0.25) is 0 Å². The molecular formula is La101. The van der Waals surface area contributed by atoms with Gasteiger partial charge in [0.15, 0.2) is 0 Å². The van der Waals surface area contributed by atoms with E-state index in [0.29, 0.717) is 0 Å². The van der Waals surface area contributed by atoms with Gasteiger partial charge in [0.1, 0.15) is 0 Å². The van der Waals surface area contributed by atoms with Gasteiger partial charge in [-0.1, -0.05) is 0 Å². The summed E-state index contributed by atoms with van der Waals surface area (Å²) in [6.07, 6.45) is 0. The number of hydrogen-bond donors (Lipinski definition) is 0. The standard InChI is InChI=1S/101La. The van der Waals surface area contributed by atoms with Gasteiger partial charge >= 0.3 is 0 Å². The van der Waals surface area contributed by atoms with Crippen molar-refractivity contribution in [3.05, 3.63) is 0 Å². The first-order chi connectivity index (χ1) is 0. The van der Waals surface area contributed by atoms with Crippen molar-refractivity contribution in [2.75, 3.05) is 0 Å². The molecule has 0 aliphatic heterocycles. The van der Waals surface area contributed by atoms with Crippen LogP contribution in [-0.4, -0.2) is 0 Å². The molecule has 0 aromatic carbocycles. The second-order valence-corrected chi connectivity index (χ2v) is 0. The summed E-state index contributed by atoms with van der Waals surface area (Å²) >= 11 is 0. The van der Waals surface area contributed by atoms with E-state index in [9.17, 15) is 0 Å². The first-order valence-corrected chi connectivity index (χ1v) is 0. The SMILES string of the molecule is [La].[La].[La].[La].[La].[La].[La].[La].[La].[La].[La].[La].[La].[La].[La].[La].[La].[La].[La].[La].[La].[La].[La].[La].[La].[La].[La].[La].[La].[La].[La].[La].[La].[La].[La].[La].[La].[La].[La].[La].[La].[La].[La].[La].[La].[La].[La].[La].[La].[La].[La].[La].[La].[La].[La].[La].[La].[La].[La].[La].[La].[La].[La].[La].[La].[La].[La].[La].[La].[La].[La].[La].[La].[La].[La].[La].[La].[La].[La].[La].[La].[La].[La].[La].[La].[La].[La].[La].[La].[La].[La].[La].[La].[La].[La].[La].[La].[La].[La].[La].[La]. The van der Waals surface area contributed by atoms with Crippen LogP contribution in [0, 0.1) is 3600 Å². The van der Waals surface area contributed by atoms with E-state index in [4.69, 9.17) is 0 Å². The van der Waals surface area contributed by atoms with Crippen LogP contribution in [0.15, 0.2) is 0 Å². The summed E-state index contributed by atoms with van der Waals surface area (Å²) in [4.78, 5) is 0. The van der Waals surface area contributed by atoms with E-state index in [2.05, 4.69) is 0 Å². The van der Waals surface area contributed by atoms with Crippen LogP contribution < -0.4 is 0 Å². The van der Waals surface area contributed by atoms with E-state index in [1.165, 1.54) is 0 Å². The van der Waals surface area contributed by atoms with Crippen molar-refractivity contribution < 1.29 is 3600 Å². The summed E-state index contributed by atoms with van der Waals surface area (Å²) < 4.78 is 0. The molecule has 0 atom stereocenters. The summed E-state index contributed by atoms with van der Waals surface area (Å²) in [6.45, 7) is 0. The summed E-state index contributed by atoms with van der Waals surface area (Å²) in [5.74, 6) is 0. The van der Waals surface area contributed by atoms with Gasteiger partial charge in [-0.2, -0.15) is 0 Å². The van der Waals surface area contributed by atoms with E-state index in [-0.39, 0.29) is 3600 Å². The molecule has 0 aliphatic carbocycles. The van der Waals surface area contributed by atoms with Gasteiger partial charge in [-0.05, 0) is 0 Å². The largest absolute Gasteiger partial charge is 0 e. The molecule has 0 aliphatic rings. The van der Waals surface area contributed by atoms with E-state index in [0.717, 1.165) is 0 Å². The van der Waals surface area contributed by atoms with Crippen molar-refractivity contribution in [1.29, 1.82) is 0 Å². The van der Waals surface area contributed by atoms with Crippen LogP contribution in [0.25, 0.3) is 0 Å². The van der Waals surface area contributed by atoms with Gasteiger partial charge in [0.2, 0.25) is 0 Å². The third-order valence-corrected chi connectivity index (χ3v) is 0. The molecule has 0 saturated heterocycles. The van der Waals surface area contributed by atoms with Gasteiger partial charge < -0.3 is 0 Å². The molecule has 0 nitrogen and oxygen atoms in total. The Balaban J connectivity index is 0. The predicted molar refractivity (Wildman–Crippen MR) is 0 cm³/mol. The molecular weight excluding hydrogens is 14000 g/mol. The zero-order chi connectivity index (χ0) is 0. The molecule has 303 valence electrons. The molecule has 0 saturated carbocycles. The minimum atomic E-state index is 0. The Morgan fingerprint density at radius 3 is 0.00990 bits per heavy atom. The topological polar surface area (TPSA) is 0 Å². The van der Waals surface area contributed by atoms with Gasteiger partial charge in [0.05, 0.1) is 0 Å². The Bertz CT molecular complexity index is 0. The molecule has 0 aromatic rings. The summed E-state index contributed by atoms with van der Waals surface area (Å²) in [7, 11) is 0. The van der Waals surface area contributed by atoms with Gasteiger partial charge in [-0.15, -0.1) is 0 Å². The zero-order valence-electron chi connectivity index (χ0n) is 58.3. The Labute approximate surface area is 3450 Å². The van der Waals surface area contributed by atoms with Crippen molar-refractivity contribution in [3.8, 4) is 0 Å². The molecule has 0 aromatic heterocycles. The second kappa shape index (κ2) is 731. The smallest absolute Gasteiger partial charge is 0 e. The maximum atomic E-state index is 0. The minimum absolute atomic E-state index is 0. The molecule has 101 heteroatoms. The van der Waals surface area contributed by atoms with Crippen molar-refractivity contribution >= 4 is 0 Å². The van der Waals surface area contributed by atoms with Gasteiger partial charge in [0.25, 0.3) is 0 Å². The normalized spacial score (nSPS) is 0. The Morgan fingerprint density at radius 2 is 0.00990 bits per heavy atom. The minimum Gasteiger partial charge on any atom is 0 e. The molecule has 101 radical (unpaired) electrons. The first-order valence-electron chi connectivity index (χ1n) is 0. The molecule has 0 spiro atoms. The first kappa shape index (κ1) is 741. The fourth-order valence-electron chi connectivity index (χ4n) is 0. The van der Waals surface area contributed by atoms with E-state index < -0.39 is 0 Å². The Kier molecular flexibility index (Phi) is 5370. The fourth-order valence-corrected chi connectivity index (χ4v) is 0. The number of rotatable bonds is 0. The molecule has 0 heterocycles. The van der Waals surface area contributed by atoms with Gasteiger partial charge in [-0.3, -0.25) is 0 Å². The fraction of sp³-hybridized carbons (Fsp3) is 0. The van der Waals surface area contributed by atoms with Crippen molar-refractivity contribution in [1.82, 2.24) is 0 Å². The Hall–Kier alpha value is 121. The predicted octanol–water partition coefficient (Wildman–Crippen LogP) is 0. The van der Waals surface area contributed by atoms with Crippen molar-refractivity contribution in [3.63, 3.8) is 0 Å². The Morgan fingerprint density at radius 1 is 0.00990 bits per heavy atom. The van der Waals surface area contributed by atoms with Gasteiger partial charge in [0, 0.05) is 3600 Å². The van der Waals surface area contributed by atoms with E-state index in [1.54, 1.807) is 0 Å². The van der Waals surface area contributed by atoms with Crippen LogP contribution in [-0.2, 0) is 0 Å². The molecule has 0 fully saturated rings. The van der Waals surface area contributed by atoms with Gasteiger partial charge in [-0.25, -0.2) is 0 Å². The van der Waals surface area contributed by atoms with E-state index >= 15 is 0 Å². The average Bonchev–Trinajstić information content (AvgIpc) is 0. The average molecular weight is 14000 g/mol. The van der Waals surface area contributed by atoms with Crippen LogP contribution in [0.1, 0.15) is 0 Å². The summed E-state index contributed by atoms with van der Waals surface area (Å²) in [5.41, 5.74) is 0. The molecule has 0 rings (SSSR count). The van der Waals surface area contributed by atoms with Crippen LogP contribution in [0.3, 0.4) is 0 Å². The number of hydrogen-bond acceptors (Lipinski definition) is 0. The van der Waals surface area contributed by atoms with Crippen LogP contribution in [0.5, 0.6) is 0 Å². The molecule has 0 amide bonds. The van der Waals surface area contributed by atoms with Crippen LogP contribution in [0.4, 0.5) is 0 Å².